The van der Waals surface area contributed by atoms with E-state index in [4.69, 9.17) is 4.74 Å². The first-order chi connectivity index (χ1) is 11.5. The Hall–Kier alpha value is -2.28. The highest BCUT2D eigenvalue weighted by Crippen LogP contribution is 2.21. The van der Waals surface area contributed by atoms with Crippen LogP contribution in [0.1, 0.15) is 35.4 Å². The number of carbonyl (C=O) groups is 1. The molecule has 1 aliphatic heterocycles. The number of aryl methyl sites for hydroxylation is 4. The molecular weight excluding hydrogens is 306 g/mol. The molecule has 0 bridgehead atoms. The van der Waals surface area contributed by atoms with Crippen LogP contribution in [0.25, 0.3) is 0 Å². The summed E-state index contributed by atoms with van der Waals surface area (Å²) in [6.45, 7) is 8.03. The van der Waals surface area contributed by atoms with Crippen molar-refractivity contribution in [3.63, 3.8) is 0 Å². The van der Waals surface area contributed by atoms with E-state index >= 15 is 0 Å². The van der Waals surface area contributed by atoms with Crippen molar-refractivity contribution in [1.82, 2.24) is 24.6 Å². The minimum atomic E-state index is -0.185. The SMILES string of the molecule is Cc1cc([C@H]2CN(C(=O)CCn3ccc(C)n3)CCO2)nc(C)n1. The van der Waals surface area contributed by atoms with Crippen molar-refractivity contribution in [1.29, 1.82) is 0 Å². The summed E-state index contributed by atoms with van der Waals surface area (Å²) in [4.78, 5) is 23.1. The zero-order valence-electron chi connectivity index (χ0n) is 14.4. The number of amides is 1. The lowest BCUT2D eigenvalue weighted by atomic mass is 10.1. The van der Waals surface area contributed by atoms with Gasteiger partial charge < -0.3 is 9.64 Å². The fourth-order valence-corrected chi connectivity index (χ4v) is 2.92. The third kappa shape index (κ3) is 3.97. The van der Waals surface area contributed by atoms with E-state index < -0.39 is 0 Å². The number of morpholine rings is 1. The Morgan fingerprint density at radius 2 is 2.12 bits per heavy atom. The van der Waals surface area contributed by atoms with Gasteiger partial charge in [0.25, 0.3) is 0 Å². The predicted octanol–water partition coefficient (Wildman–Crippen LogP) is 1.59. The summed E-state index contributed by atoms with van der Waals surface area (Å²) in [5, 5.41) is 4.31. The van der Waals surface area contributed by atoms with Crippen molar-refractivity contribution in [2.45, 2.75) is 39.8 Å². The molecule has 1 amide bonds. The molecule has 3 rings (SSSR count). The first-order valence-corrected chi connectivity index (χ1v) is 8.23. The van der Waals surface area contributed by atoms with Gasteiger partial charge in [0.15, 0.2) is 0 Å². The second-order valence-corrected chi connectivity index (χ2v) is 6.15. The van der Waals surface area contributed by atoms with Crippen molar-refractivity contribution in [2.24, 2.45) is 0 Å². The molecule has 0 aliphatic carbocycles. The van der Waals surface area contributed by atoms with Crippen LogP contribution in [0.3, 0.4) is 0 Å². The molecule has 0 N–H and O–H groups in total. The van der Waals surface area contributed by atoms with Gasteiger partial charge in [-0.25, -0.2) is 9.97 Å². The van der Waals surface area contributed by atoms with Crippen molar-refractivity contribution in [3.05, 3.63) is 41.2 Å². The minimum Gasteiger partial charge on any atom is -0.368 e. The fraction of sp³-hybridized carbons (Fsp3) is 0.529. The van der Waals surface area contributed by atoms with E-state index in [1.54, 1.807) is 0 Å². The summed E-state index contributed by atoms with van der Waals surface area (Å²) < 4.78 is 7.63. The molecule has 1 saturated heterocycles. The molecule has 3 heterocycles. The van der Waals surface area contributed by atoms with Crippen LogP contribution in [0.15, 0.2) is 18.3 Å². The Labute approximate surface area is 141 Å². The Balaban J connectivity index is 1.61. The molecule has 7 heteroatoms. The summed E-state index contributed by atoms with van der Waals surface area (Å²) in [6, 6.07) is 3.87. The standard InChI is InChI=1S/C17H23N5O2/c1-12-4-6-22(20-12)7-5-17(23)21-8-9-24-16(11-21)15-10-13(2)18-14(3)19-15/h4,6,10,16H,5,7-9,11H2,1-3H3/t16-/m1/s1. The van der Waals surface area contributed by atoms with E-state index in [1.807, 2.05) is 48.7 Å². The summed E-state index contributed by atoms with van der Waals surface area (Å²) in [6.07, 6.45) is 2.15. The van der Waals surface area contributed by atoms with Crippen molar-refractivity contribution < 1.29 is 9.53 Å². The normalized spacial score (nSPS) is 18.0. The maximum absolute atomic E-state index is 12.5. The lowest BCUT2D eigenvalue weighted by Gasteiger charge is -2.33. The van der Waals surface area contributed by atoms with Crippen molar-refractivity contribution in [3.8, 4) is 0 Å². The Bertz CT molecular complexity index is 707. The first-order valence-electron chi connectivity index (χ1n) is 8.23. The van der Waals surface area contributed by atoms with Gasteiger partial charge in [0.1, 0.15) is 11.9 Å². The summed E-state index contributed by atoms with van der Waals surface area (Å²) in [5.41, 5.74) is 2.72. The second-order valence-electron chi connectivity index (χ2n) is 6.15. The summed E-state index contributed by atoms with van der Waals surface area (Å²) in [5.74, 6) is 0.852. The predicted molar refractivity (Wildman–Crippen MR) is 88.4 cm³/mol. The second kappa shape index (κ2) is 7.09. The van der Waals surface area contributed by atoms with E-state index in [1.165, 1.54) is 0 Å². The van der Waals surface area contributed by atoms with Gasteiger partial charge in [0.2, 0.25) is 5.91 Å². The number of hydrogen-bond donors (Lipinski definition) is 0. The molecule has 7 nitrogen and oxygen atoms in total. The molecule has 1 fully saturated rings. The van der Waals surface area contributed by atoms with Crippen LogP contribution < -0.4 is 0 Å². The molecule has 128 valence electrons. The molecular formula is C17H23N5O2. The zero-order chi connectivity index (χ0) is 17.1. The summed E-state index contributed by atoms with van der Waals surface area (Å²) >= 11 is 0. The number of carbonyl (C=O) groups excluding carboxylic acids is 1. The van der Waals surface area contributed by atoms with Gasteiger partial charge in [0.05, 0.1) is 24.5 Å². The maximum atomic E-state index is 12.5. The van der Waals surface area contributed by atoms with E-state index in [0.717, 1.165) is 22.9 Å². The lowest BCUT2D eigenvalue weighted by Crippen LogP contribution is -2.42. The molecule has 0 spiro atoms. The van der Waals surface area contributed by atoms with E-state index in [2.05, 4.69) is 15.1 Å². The molecule has 0 aromatic carbocycles. The van der Waals surface area contributed by atoms with Crippen LogP contribution in [0.4, 0.5) is 0 Å². The van der Waals surface area contributed by atoms with Crippen LogP contribution in [-0.4, -0.2) is 50.3 Å². The average molecular weight is 329 g/mol. The highest BCUT2D eigenvalue weighted by atomic mass is 16.5. The highest BCUT2D eigenvalue weighted by molar-refractivity contribution is 5.76. The molecule has 24 heavy (non-hydrogen) atoms. The van der Waals surface area contributed by atoms with Gasteiger partial charge in [-0.15, -0.1) is 0 Å². The number of ether oxygens (including phenoxy) is 1. The van der Waals surface area contributed by atoms with Gasteiger partial charge in [0, 0.05) is 31.4 Å². The van der Waals surface area contributed by atoms with Crippen LogP contribution in [0, 0.1) is 20.8 Å². The van der Waals surface area contributed by atoms with Crippen LogP contribution in [0.2, 0.25) is 0 Å². The topological polar surface area (TPSA) is 73.1 Å². The average Bonchev–Trinajstić information content (AvgIpc) is 2.97. The third-order valence-electron chi connectivity index (χ3n) is 4.06. The molecule has 2 aromatic rings. The van der Waals surface area contributed by atoms with Gasteiger partial charge >= 0.3 is 0 Å². The Morgan fingerprint density at radius 1 is 1.29 bits per heavy atom. The Kier molecular flexibility index (Phi) is 4.89. The summed E-state index contributed by atoms with van der Waals surface area (Å²) in [7, 11) is 0. The quantitative estimate of drug-likeness (QED) is 0.852. The minimum absolute atomic E-state index is 0.124. The van der Waals surface area contributed by atoms with Gasteiger partial charge in [-0.2, -0.15) is 5.10 Å². The molecule has 0 saturated carbocycles. The monoisotopic (exact) mass is 329 g/mol. The van der Waals surface area contributed by atoms with Gasteiger partial charge in [-0.1, -0.05) is 0 Å². The smallest absolute Gasteiger partial charge is 0.224 e. The largest absolute Gasteiger partial charge is 0.368 e. The lowest BCUT2D eigenvalue weighted by molar-refractivity contribution is -0.139. The van der Waals surface area contributed by atoms with Gasteiger partial charge in [-0.05, 0) is 32.9 Å². The number of hydrogen-bond acceptors (Lipinski definition) is 5. The third-order valence-corrected chi connectivity index (χ3v) is 4.06. The number of nitrogens with zero attached hydrogens (tertiary/aromatic N) is 5. The highest BCUT2D eigenvalue weighted by Gasteiger charge is 2.26. The van der Waals surface area contributed by atoms with Crippen LogP contribution in [0.5, 0.6) is 0 Å². The van der Waals surface area contributed by atoms with Gasteiger partial charge in [-0.3, -0.25) is 9.48 Å². The zero-order valence-corrected chi connectivity index (χ0v) is 14.4. The molecule has 0 unspecified atom stereocenters. The Morgan fingerprint density at radius 3 is 2.83 bits per heavy atom. The van der Waals surface area contributed by atoms with E-state index in [0.29, 0.717) is 32.7 Å². The van der Waals surface area contributed by atoms with E-state index in [9.17, 15) is 4.79 Å². The fourth-order valence-electron chi connectivity index (χ4n) is 2.92. The number of aromatic nitrogens is 4. The van der Waals surface area contributed by atoms with Crippen LogP contribution in [-0.2, 0) is 16.1 Å². The van der Waals surface area contributed by atoms with E-state index in [-0.39, 0.29) is 12.0 Å². The molecule has 2 aromatic heterocycles. The maximum Gasteiger partial charge on any atom is 0.224 e. The van der Waals surface area contributed by atoms with Crippen molar-refractivity contribution >= 4 is 5.91 Å². The molecule has 1 aliphatic rings. The van der Waals surface area contributed by atoms with Crippen molar-refractivity contribution in [2.75, 3.05) is 19.7 Å². The van der Waals surface area contributed by atoms with Crippen LogP contribution >= 0.6 is 0 Å². The first kappa shape index (κ1) is 16.6. The number of rotatable bonds is 4. The molecule has 1 atom stereocenters. The molecule has 0 radical (unpaired) electrons.